The van der Waals surface area contributed by atoms with E-state index in [0.29, 0.717) is 17.6 Å². The highest BCUT2D eigenvalue weighted by Gasteiger charge is 2.15. The van der Waals surface area contributed by atoms with Gasteiger partial charge >= 0.3 is 0 Å². The van der Waals surface area contributed by atoms with Crippen molar-refractivity contribution in [3.63, 3.8) is 0 Å². The van der Waals surface area contributed by atoms with E-state index in [1.165, 1.54) is 0 Å². The first-order valence-corrected chi connectivity index (χ1v) is 10.7. The number of nitrogens with one attached hydrogen (secondary N) is 1. The third-order valence-corrected chi connectivity index (χ3v) is 5.72. The average molecular weight is 429 g/mol. The van der Waals surface area contributed by atoms with Crippen molar-refractivity contribution in [1.82, 2.24) is 34.9 Å². The summed E-state index contributed by atoms with van der Waals surface area (Å²) in [6.45, 7) is 4.25. The summed E-state index contributed by atoms with van der Waals surface area (Å²) in [5.74, 6) is 1.73. The number of fused-ring (bicyclic) bond motifs is 1. The van der Waals surface area contributed by atoms with Crippen LogP contribution in [0.5, 0.6) is 0 Å². The number of thiazole rings is 1. The van der Waals surface area contributed by atoms with Crippen LogP contribution in [0.25, 0.3) is 32.7 Å². The Balaban J connectivity index is 1.52. The van der Waals surface area contributed by atoms with Gasteiger partial charge in [0.25, 0.3) is 0 Å². The zero-order chi connectivity index (χ0) is 21.4. The summed E-state index contributed by atoms with van der Waals surface area (Å²) >= 11 is 1.56. The summed E-state index contributed by atoms with van der Waals surface area (Å²) in [6, 6.07) is 7.87. The Bertz CT molecular complexity index is 1360. The number of hydrogen-bond donors (Lipinski definition) is 1. The summed E-state index contributed by atoms with van der Waals surface area (Å²) in [5, 5.41) is 16.1. The van der Waals surface area contributed by atoms with Gasteiger partial charge in [0, 0.05) is 36.8 Å². The van der Waals surface area contributed by atoms with Crippen molar-refractivity contribution < 1.29 is 0 Å². The van der Waals surface area contributed by atoms with E-state index in [9.17, 15) is 0 Å². The number of aromatic nitrogens is 7. The molecular weight excluding hydrogens is 408 g/mol. The van der Waals surface area contributed by atoms with Gasteiger partial charge in [-0.1, -0.05) is 13.8 Å². The van der Waals surface area contributed by atoms with Crippen molar-refractivity contribution in [3.05, 3.63) is 60.1 Å². The minimum Gasteiger partial charge on any atom is -0.323 e. The predicted molar refractivity (Wildman–Crippen MR) is 122 cm³/mol. The van der Waals surface area contributed by atoms with E-state index >= 15 is 0 Å². The fraction of sp³-hybridized carbons (Fsp3) is 0.182. The molecule has 5 rings (SSSR count). The van der Waals surface area contributed by atoms with Crippen LogP contribution in [0.3, 0.4) is 0 Å². The van der Waals surface area contributed by atoms with Gasteiger partial charge in [0.2, 0.25) is 0 Å². The lowest BCUT2D eigenvalue weighted by atomic mass is 10.1. The van der Waals surface area contributed by atoms with Crippen LogP contribution < -0.4 is 5.32 Å². The number of rotatable bonds is 5. The topological polar surface area (TPSA) is 94.3 Å². The van der Waals surface area contributed by atoms with Crippen LogP contribution in [0, 0.1) is 0 Å². The second-order valence-corrected chi connectivity index (χ2v) is 8.43. The fourth-order valence-electron chi connectivity index (χ4n) is 3.33. The molecule has 31 heavy (non-hydrogen) atoms. The second kappa shape index (κ2) is 7.84. The highest BCUT2D eigenvalue weighted by atomic mass is 32.1. The Hall–Kier alpha value is -3.72. The van der Waals surface area contributed by atoms with E-state index < -0.39 is 0 Å². The van der Waals surface area contributed by atoms with Gasteiger partial charge in [-0.2, -0.15) is 10.2 Å². The van der Waals surface area contributed by atoms with E-state index in [-0.39, 0.29) is 0 Å². The van der Waals surface area contributed by atoms with Crippen molar-refractivity contribution in [2.75, 3.05) is 5.32 Å². The maximum atomic E-state index is 4.75. The van der Waals surface area contributed by atoms with Crippen LogP contribution in [0.15, 0.2) is 54.6 Å². The average Bonchev–Trinajstić information content (AvgIpc) is 3.43. The molecule has 8 nitrogen and oxygen atoms in total. The Labute approximate surface area is 183 Å². The highest BCUT2D eigenvalue weighted by Crippen LogP contribution is 2.33. The van der Waals surface area contributed by atoms with Crippen LogP contribution >= 0.6 is 11.3 Å². The molecule has 0 atom stereocenters. The van der Waals surface area contributed by atoms with Crippen molar-refractivity contribution >= 4 is 34.0 Å². The third kappa shape index (κ3) is 3.87. The van der Waals surface area contributed by atoms with Crippen LogP contribution in [0.4, 0.5) is 11.6 Å². The van der Waals surface area contributed by atoms with Crippen LogP contribution in [-0.2, 0) is 7.05 Å². The normalized spacial score (nSPS) is 11.4. The molecule has 0 amide bonds. The molecule has 5 aromatic heterocycles. The van der Waals surface area contributed by atoms with Gasteiger partial charge in [-0.25, -0.2) is 4.98 Å². The molecule has 154 valence electrons. The van der Waals surface area contributed by atoms with Gasteiger partial charge < -0.3 is 5.32 Å². The maximum Gasteiger partial charge on any atom is 0.154 e. The summed E-state index contributed by atoms with van der Waals surface area (Å²) in [7, 11) is 1.91. The van der Waals surface area contributed by atoms with Gasteiger partial charge in [-0.3, -0.25) is 14.6 Å². The molecule has 1 N–H and O–H groups in total. The summed E-state index contributed by atoms with van der Waals surface area (Å²) in [4.78, 5) is 14.6. The number of hydrogen-bond acceptors (Lipinski definition) is 8. The van der Waals surface area contributed by atoms with E-state index in [0.717, 1.165) is 38.3 Å². The minimum atomic E-state index is 0.375. The van der Waals surface area contributed by atoms with Gasteiger partial charge in [-0.15, -0.1) is 16.4 Å². The quantitative estimate of drug-likeness (QED) is 0.429. The zero-order valence-electron chi connectivity index (χ0n) is 17.3. The number of aryl methyl sites for hydroxylation is 1. The first kappa shape index (κ1) is 19.3. The second-order valence-electron chi connectivity index (χ2n) is 7.54. The Morgan fingerprint density at radius 2 is 1.94 bits per heavy atom. The molecule has 5 heterocycles. The van der Waals surface area contributed by atoms with Crippen molar-refractivity contribution in [2.24, 2.45) is 7.05 Å². The van der Waals surface area contributed by atoms with E-state index in [1.54, 1.807) is 22.2 Å². The van der Waals surface area contributed by atoms with Crippen LogP contribution in [-0.4, -0.2) is 34.9 Å². The van der Waals surface area contributed by atoms with E-state index in [1.807, 2.05) is 55.4 Å². The summed E-state index contributed by atoms with van der Waals surface area (Å²) in [5.41, 5.74) is 7.38. The van der Waals surface area contributed by atoms with E-state index in [2.05, 4.69) is 44.4 Å². The molecule has 5 aromatic rings. The first-order chi connectivity index (χ1) is 15.1. The van der Waals surface area contributed by atoms with Crippen molar-refractivity contribution in [3.8, 4) is 21.7 Å². The standard InChI is InChI=1S/C22H20N8S/c1-13(2)14-7-21(28-25-9-14)27-20-5-4-17-18(26-20)6-15(8-24-17)16-11-30(3)29-22(16)19-10-23-12-31-19/h4-13H,1-3H3,(H,26,27,28). The zero-order valence-corrected chi connectivity index (χ0v) is 18.1. The maximum absolute atomic E-state index is 4.75. The Morgan fingerprint density at radius 3 is 2.74 bits per heavy atom. The summed E-state index contributed by atoms with van der Waals surface area (Å²) in [6.07, 6.45) is 7.47. The molecule has 0 aliphatic rings. The molecule has 0 aliphatic heterocycles. The number of pyridine rings is 2. The minimum absolute atomic E-state index is 0.375. The molecule has 0 fully saturated rings. The third-order valence-electron chi connectivity index (χ3n) is 4.94. The molecule has 0 spiro atoms. The Kier molecular flexibility index (Phi) is 4.87. The van der Waals surface area contributed by atoms with Crippen molar-refractivity contribution in [1.29, 1.82) is 0 Å². The van der Waals surface area contributed by atoms with Crippen molar-refractivity contribution in [2.45, 2.75) is 19.8 Å². The largest absolute Gasteiger partial charge is 0.323 e. The Morgan fingerprint density at radius 1 is 1.03 bits per heavy atom. The molecule has 0 aromatic carbocycles. The smallest absolute Gasteiger partial charge is 0.154 e. The SMILES string of the molecule is CC(C)c1cnnc(Nc2ccc3ncc(-c4cn(C)nc4-c4cncs4)cc3n2)c1. The van der Waals surface area contributed by atoms with Gasteiger partial charge in [0.1, 0.15) is 11.5 Å². The molecule has 0 saturated heterocycles. The molecular formula is C22H20N8S. The molecule has 0 bridgehead atoms. The molecule has 0 unspecified atom stereocenters. The lowest BCUT2D eigenvalue weighted by Crippen LogP contribution is -2.00. The lowest BCUT2D eigenvalue weighted by molar-refractivity contribution is 0.771. The van der Waals surface area contributed by atoms with Gasteiger partial charge in [0.15, 0.2) is 5.82 Å². The van der Waals surface area contributed by atoms with Crippen LogP contribution in [0.2, 0.25) is 0 Å². The highest BCUT2D eigenvalue weighted by molar-refractivity contribution is 7.13. The molecule has 0 aliphatic carbocycles. The first-order valence-electron chi connectivity index (χ1n) is 9.86. The fourth-order valence-corrected chi connectivity index (χ4v) is 3.95. The number of nitrogens with zero attached hydrogens (tertiary/aromatic N) is 7. The van der Waals surface area contributed by atoms with Crippen LogP contribution in [0.1, 0.15) is 25.3 Å². The summed E-state index contributed by atoms with van der Waals surface area (Å²) < 4.78 is 1.81. The molecule has 0 radical (unpaired) electrons. The van der Waals surface area contributed by atoms with Gasteiger partial charge in [0.05, 0.1) is 27.6 Å². The van der Waals surface area contributed by atoms with Gasteiger partial charge in [-0.05, 0) is 35.7 Å². The molecule has 0 saturated carbocycles. The van der Waals surface area contributed by atoms with E-state index in [4.69, 9.17) is 4.98 Å². The lowest BCUT2D eigenvalue weighted by Gasteiger charge is -2.09. The predicted octanol–water partition coefficient (Wildman–Crippen LogP) is 4.81. The molecule has 9 heteroatoms. The monoisotopic (exact) mass is 428 g/mol. The number of anilines is 2.